The van der Waals surface area contributed by atoms with E-state index in [0.29, 0.717) is 12.4 Å². The average Bonchev–Trinajstić information content (AvgIpc) is 3.03. The Kier molecular flexibility index (Phi) is 4.95. The van der Waals surface area contributed by atoms with Gasteiger partial charge in [0.05, 0.1) is 10.7 Å². The second-order valence-corrected chi connectivity index (χ2v) is 6.31. The molecule has 21 heavy (non-hydrogen) atoms. The Balaban J connectivity index is 1.85. The van der Waals surface area contributed by atoms with E-state index < -0.39 is 0 Å². The molecule has 2 N–H and O–H groups in total. The first kappa shape index (κ1) is 15.5. The van der Waals surface area contributed by atoms with Gasteiger partial charge in [-0.15, -0.1) is 11.3 Å². The van der Waals surface area contributed by atoms with E-state index in [-0.39, 0.29) is 11.9 Å². The fourth-order valence-corrected chi connectivity index (χ4v) is 2.74. The van der Waals surface area contributed by atoms with Gasteiger partial charge in [0.15, 0.2) is 0 Å². The van der Waals surface area contributed by atoms with Crippen LogP contribution in [0.15, 0.2) is 12.3 Å². The summed E-state index contributed by atoms with van der Waals surface area (Å²) in [6.45, 7) is 6.67. The van der Waals surface area contributed by atoms with Crippen LogP contribution in [0, 0.1) is 6.92 Å². The molecule has 2 amide bonds. The van der Waals surface area contributed by atoms with Gasteiger partial charge in [-0.05, 0) is 13.3 Å². The number of carbonyl (C=O) groups excluding carboxylic acids is 1. The second kappa shape index (κ2) is 6.71. The molecule has 0 saturated carbocycles. The van der Waals surface area contributed by atoms with Crippen LogP contribution in [0.2, 0.25) is 0 Å². The molecule has 6 nitrogen and oxygen atoms in total. The number of rotatable bonds is 5. The standard InChI is InChI=1S/C14H21N5OS/c1-5-11-6-12(19(4)18-11)17-14(20)16-7-9(2)13-15-8-10(3)21-13/h6,8-9H,5,7H2,1-4H3,(H2,16,17,20). The zero-order valence-electron chi connectivity index (χ0n) is 12.8. The Morgan fingerprint density at radius 2 is 2.29 bits per heavy atom. The highest BCUT2D eigenvalue weighted by molar-refractivity contribution is 7.11. The summed E-state index contributed by atoms with van der Waals surface area (Å²) in [5.74, 6) is 0.897. The normalized spacial score (nSPS) is 12.2. The number of anilines is 1. The molecular formula is C14H21N5OS. The molecule has 0 aliphatic heterocycles. The third kappa shape index (κ3) is 4.04. The number of nitrogens with one attached hydrogen (secondary N) is 2. The van der Waals surface area contributed by atoms with E-state index >= 15 is 0 Å². The largest absolute Gasteiger partial charge is 0.337 e. The highest BCUT2D eigenvalue weighted by Gasteiger charge is 2.12. The number of thiazole rings is 1. The van der Waals surface area contributed by atoms with Crippen molar-refractivity contribution in [2.24, 2.45) is 7.05 Å². The third-order valence-corrected chi connectivity index (χ3v) is 4.31. The van der Waals surface area contributed by atoms with E-state index in [1.807, 2.05) is 33.2 Å². The van der Waals surface area contributed by atoms with E-state index in [1.54, 1.807) is 16.0 Å². The van der Waals surface area contributed by atoms with Gasteiger partial charge in [-0.2, -0.15) is 5.10 Å². The minimum absolute atomic E-state index is 0.201. The molecule has 0 aromatic carbocycles. The maximum atomic E-state index is 11.9. The summed E-state index contributed by atoms with van der Waals surface area (Å²) < 4.78 is 1.67. The van der Waals surface area contributed by atoms with Gasteiger partial charge in [-0.3, -0.25) is 10.00 Å². The summed E-state index contributed by atoms with van der Waals surface area (Å²) in [7, 11) is 1.82. The predicted octanol–water partition coefficient (Wildman–Crippen LogP) is 2.67. The number of amides is 2. The molecule has 2 rings (SSSR count). The van der Waals surface area contributed by atoms with Crippen LogP contribution in [0.25, 0.3) is 0 Å². The molecule has 1 atom stereocenters. The maximum Gasteiger partial charge on any atom is 0.320 e. The average molecular weight is 307 g/mol. The first-order valence-electron chi connectivity index (χ1n) is 6.99. The molecule has 0 saturated heterocycles. The van der Waals surface area contributed by atoms with Gasteiger partial charge in [0.2, 0.25) is 0 Å². The lowest BCUT2D eigenvalue weighted by atomic mass is 10.2. The molecule has 2 aromatic heterocycles. The van der Waals surface area contributed by atoms with Crippen molar-refractivity contribution in [3.8, 4) is 0 Å². The molecule has 0 aliphatic rings. The number of hydrogen-bond acceptors (Lipinski definition) is 4. The highest BCUT2D eigenvalue weighted by Crippen LogP contribution is 2.20. The van der Waals surface area contributed by atoms with Crippen molar-refractivity contribution in [3.05, 3.63) is 27.8 Å². The van der Waals surface area contributed by atoms with Crippen LogP contribution in [-0.4, -0.2) is 27.3 Å². The highest BCUT2D eigenvalue weighted by atomic mass is 32.1. The molecule has 0 bridgehead atoms. The van der Waals surface area contributed by atoms with Crippen molar-refractivity contribution in [2.45, 2.75) is 33.1 Å². The summed E-state index contributed by atoms with van der Waals surface area (Å²) in [5.41, 5.74) is 0.958. The lowest BCUT2D eigenvalue weighted by Crippen LogP contribution is -2.32. The molecule has 0 fully saturated rings. The second-order valence-electron chi connectivity index (χ2n) is 5.04. The predicted molar refractivity (Wildman–Crippen MR) is 84.9 cm³/mol. The van der Waals surface area contributed by atoms with Crippen molar-refractivity contribution in [2.75, 3.05) is 11.9 Å². The molecule has 2 heterocycles. The Morgan fingerprint density at radius 3 is 2.86 bits per heavy atom. The quantitative estimate of drug-likeness (QED) is 0.892. The van der Waals surface area contributed by atoms with Gasteiger partial charge in [-0.1, -0.05) is 13.8 Å². The summed E-state index contributed by atoms with van der Waals surface area (Å²) in [4.78, 5) is 17.4. The number of aryl methyl sites for hydroxylation is 3. The van der Waals surface area contributed by atoms with Crippen LogP contribution >= 0.6 is 11.3 Å². The van der Waals surface area contributed by atoms with Crippen LogP contribution in [-0.2, 0) is 13.5 Å². The summed E-state index contributed by atoms with van der Waals surface area (Å²) >= 11 is 1.66. The van der Waals surface area contributed by atoms with Crippen LogP contribution in [0.4, 0.5) is 10.6 Å². The number of aromatic nitrogens is 3. The van der Waals surface area contributed by atoms with E-state index in [2.05, 4.69) is 27.6 Å². The van der Waals surface area contributed by atoms with Gasteiger partial charge >= 0.3 is 6.03 Å². The molecule has 0 radical (unpaired) electrons. The van der Waals surface area contributed by atoms with Gasteiger partial charge < -0.3 is 5.32 Å². The van der Waals surface area contributed by atoms with Crippen LogP contribution < -0.4 is 10.6 Å². The first-order valence-corrected chi connectivity index (χ1v) is 7.81. The number of nitrogens with zero attached hydrogens (tertiary/aromatic N) is 3. The zero-order valence-corrected chi connectivity index (χ0v) is 13.6. The van der Waals surface area contributed by atoms with Crippen LogP contribution in [0.1, 0.15) is 35.3 Å². The topological polar surface area (TPSA) is 71.8 Å². The number of urea groups is 1. The Morgan fingerprint density at radius 1 is 1.52 bits per heavy atom. The molecule has 0 spiro atoms. The van der Waals surface area contributed by atoms with Gasteiger partial charge in [0.25, 0.3) is 0 Å². The molecule has 7 heteroatoms. The number of hydrogen-bond donors (Lipinski definition) is 2. The molecule has 2 aromatic rings. The molecule has 114 valence electrons. The van der Waals surface area contributed by atoms with Crippen molar-refractivity contribution < 1.29 is 4.79 Å². The molecule has 0 aliphatic carbocycles. The van der Waals surface area contributed by atoms with Crippen molar-refractivity contribution in [1.29, 1.82) is 0 Å². The summed E-state index contributed by atoms with van der Waals surface area (Å²) in [5, 5.41) is 11.0. The lowest BCUT2D eigenvalue weighted by Gasteiger charge is -2.11. The SMILES string of the molecule is CCc1cc(NC(=O)NCC(C)c2ncc(C)s2)n(C)n1. The maximum absolute atomic E-state index is 11.9. The summed E-state index contributed by atoms with van der Waals surface area (Å²) in [6.07, 6.45) is 2.70. The van der Waals surface area contributed by atoms with Gasteiger partial charge in [-0.25, -0.2) is 9.78 Å². The van der Waals surface area contributed by atoms with Crippen LogP contribution in [0.5, 0.6) is 0 Å². The van der Waals surface area contributed by atoms with Crippen molar-refractivity contribution >= 4 is 23.2 Å². The number of carbonyl (C=O) groups is 1. The fraction of sp³-hybridized carbons (Fsp3) is 0.500. The van der Waals surface area contributed by atoms with E-state index in [0.717, 1.165) is 17.1 Å². The van der Waals surface area contributed by atoms with Crippen molar-refractivity contribution in [1.82, 2.24) is 20.1 Å². The third-order valence-electron chi connectivity index (χ3n) is 3.16. The van der Waals surface area contributed by atoms with Gasteiger partial charge in [0.1, 0.15) is 5.82 Å². The monoisotopic (exact) mass is 307 g/mol. The van der Waals surface area contributed by atoms with Crippen LogP contribution in [0.3, 0.4) is 0 Å². The molecule has 1 unspecified atom stereocenters. The molecular weight excluding hydrogens is 286 g/mol. The smallest absolute Gasteiger partial charge is 0.320 e. The lowest BCUT2D eigenvalue weighted by molar-refractivity contribution is 0.251. The zero-order chi connectivity index (χ0) is 15.4. The minimum atomic E-state index is -0.221. The Labute approximate surface area is 128 Å². The van der Waals surface area contributed by atoms with Gasteiger partial charge in [0, 0.05) is 36.7 Å². The van der Waals surface area contributed by atoms with E-state index in [4.69, 9.17) is 0 Å². The van der Waals surface area contributed by atoms with Crippen molar-refractivity contribution in [3.63, 3.8) is 0 Å². The van der Waals surface area contributed by atoms with E-state index in [1.165, 1.54) is 4.88 Å². The Bertz CT molecular complexity index is 619. The summed E-state index contributed by atoms with van der Waals surface area (Å²) in [6, 6.07) is 1.66. The first-order chi connectivity index (χ1) is 9.99. The van der Waals surface area contributed by atoms with E-state index in [9.17, 15) is 4.79 Å². The Hall–Kier alpha value is -1.89. The minimum Gasteiger partial charge on any atom is -0.337 e. The fourth-order valence-electron chi connectivity index (χ4n) is 1.91.